The van der Waals surface area contributed by atoms with E-state index in [9.17, 15) is 0 Å². The molecule has 1 aliphatic rings. The van der Waals surface area contributed by atoms with Crippen LogP contribution in [0.3, 0.4) is 0 Å². The lowest BCUT2D eigenvalue weighted by atomic mass is 10.1. The fourth-order valence-electron chi connectivity index (χ4n) is 2.36. The van der Waals surface area contributed by atoms with Crippen LogP contribution in [0, 0.1) is 0 Å². The summed E-state index contributed by atoms with van der Waals surface area (Å²) in [7, 11) is 0. The molecule has 0 saturated carbocycles. The topological polar surface area (TPSA) is 41.3 Å². The average molecular weight is 233 g/mol. The van der Waals surface area contributed by atoms with Gasteiger partial charge in [-0.2, -0.15) is 0 Å². The zero-order valence-electron chi connectivity index (χ0n) is 10.5. The van der Waals surface area contributed by atoms with Crippen LogP contribution in [0.1, 0.15) is 25.7 Å². The quantitative estimate of drug-likeness (QED) is 0.768. The first-order valence-corrected chi connectivity index (χ1v) is 6.70. The number of rotatable bonds is 5. The number of hydrogen-bond acceptors (Lipinski definition) is 3. The summed E-state index contributed by atoms with van der Waals surface area (Å²) in [6, 6.07) is 8.60. The van der Waals surface area contributed by atoms with E-state index in [1.807, 2.05) is 0 Å². The third-order valence-corrected chi connectivity index (χ3v) is 3.30. The Morgan fingerprint density at radius 1 is 1.12 bits per heavy atom. The molecule has 0 unspecified atom stereocenters. The van der Waals surface area contributed by atoms with Crippen molar-refractivity contribution in [3.8, 4) is 0 Å². The first-order chi connectivity index (χ1) is 8.42. The standard InChI is InChI=1S/C14H23N3/c15-9-6-10-16-13-7-2-3-8-14(13)17-11-4-1-5-12-17/h2-3,7-8,16H,1,4-6,9-12,15H2. The lowest BCUT2D eigenvalue weighted by Gasteiger charge is -2.30. The number of anilines is 2. The Hall–Kier alpha value is -1.22. The summed E-state index contributed by atoms with van der Waals surface area (Å²) >= 11 is 0. The highest BCUT2D eigenvalue weighted by Crippen LogP contribution is 2.27. The van der Waals surface area contributed by atoms with E-state index in [0.29, 0.717) is 0 Å². The lowest BCUT2D eigenvalue weighted by molar-refractivity contribution is 0.578. The summed E-state index contributed by atoms with van der Waals surface area (Å²) in [5.74, 6) is 0. The van der Waals surface area contributed by atoms with Gasteiger partial charge in [0.1, 0.15) is 0 Å². The Morgan fingerprint density at radius 2 is 1.88 bits per heavy atom. The molecular weight excluding hydrogens is 210 g/mol. The molecule has 3 N–H and O–H groups in total. The maximum Gasteiger partial charge on any atom is 0.0602 e. The second kappa shape index (κ2) is 6.50. The molecule has 0 radical (unpaired) electrons. The number of piperidine rings is 1. The van der Waals surface area contributed by atoms with Crippen molar-refractivity contribution in [1.29, 1.82) is 0 Å². The van der Waals surface area contributed by atoms with Gasteiger partial charge in [0.15, 0.2) is 0 Å². The molecule has 0 amide bonds. The van der Waals surface area contributed by atoms with Gasteiger partial charge in [0.05, 0.1) is 11.4 Å². The summed E-state index contributed by atoms with van der Waals surface area (Å²) in [5.41, 5.74) is 8.13. The van der Waals surface area contributed by atoms with Crippen molar-refractivity contribution in [3.05, 3.63) is 24.3 Å². The molecule has 0 bridgehead atoms. The van der Waals surface area contributed by atoms with Crippen LogP contribution in [0.15, 0.2) is 24.3 Å². The minimum Gasteiger partial charge on any atom is -0.383 e. The van der Waals surface area contributed by atoms with Gasteiger partial charge in [0, 0.05) is 19.6 Å². The number of benzene rings is 1. The zero-order chi connectivity index (χ0) is 11.9. The van der Waals surface area contributed by atoms with Gasteiger partial charge in [0.25, 0.3) is 0 Å². The maximum atomic E-state index is 5.52. The molecule has 0 spiro atoms. The first-order valence-electron chi connectivity index (χ1n) is 6.70. The third kappa shape index (κ3) is 3.37. The Balaban J connectivity index is 2.03. The number of nitrogens with two attached hydrogens (primary N) is 1. The van der Waals surface area contributed by atoms with Gasteiger partial charge in [-0.1, -0.05) is 12.1 Å². The fraction of sp³-hybridized carbons (Fsp3) is 0.571. The molecule has 1 fully saturated rings. The highest BCUT2D eigenvalue weighted by molar-refractivity contribution is 5.70. The van der Waals surface area contributed by atoms with Gasteiger partial charge in [-0.05, 0) is 44.4 Å². The van der Waals surface area contributed by atoms with E-state index in [4.69, 9.17) is 5.73 Å². The van der Waals surface area contributed by atoms with Gasteiger partial charge in [0.2, 0.25) is 0 Å². The Bertz CT molecular complexity index is 332. The van der Waals surface area contributed by atoms with Crippen molar-refractivity contribution < 1.29 is 0 Å². The van der Waals surface area contributed by atoms with Crippen molar-refractivity contribution in [2.45, 2.75) is 25.7 Å². The van der Waals surface area contributed by atoms with Crippen LogP contribution in [0.4, 0.5) is 11.4 Å². The highest BCUT2D eigenvalue weighted by Gasteiger charge is 2.13. The summed E-state index contributed by atoms with van der Waals surface area (Å²) in [6.45, 7) is 4.09. The SMILES string of the molecule is NCCCNc1ccccc1N1CCCCC1. The van der Waals surface area contributed by atoms with E-state index in [1.165, 1.54) is 43.7 Å². The monoisotopic (exact) mass is 233 g/mol. The molecular formula is C14H23N3. The fourth-order valence-corrected chi connectivity index (χ4v) is 2.36. The highest BCUT2D eigenvalue weighted by atomic mass is 15.1. The van der Waals surface area contributed by atoms with Crippen LogP contribution in [0.2, 0.25) is 0 Å². The molecule has 17 heavy (non-hydrogen) atoms. The molecule has 0 aliphatic carbocycles. The Kier molecular flexibility index (Phi) is 4.68. The van der Waals surface area contributed by atoms with Gasteiger partial charge in [-0.25, -0.2) is 0 Å². The van der Waals surface area contributed by atoms with Crippen molar-refractivity contribution in [1.82, 2.24) is 0 Å². The van der Waals surface area contributed by atoms with Crippen LogP contribution in [0.5, 0.6) is 0 Å². The van der Waals surface area contributed by atoms with E-state index >= 15 is 0 Å². The second-order valence-corrected chi connectivity index (χ2v) is 4.63. The van der Waals surface area contributed by atoms with Gasteiger partial charge < -0.3 is 16.0 Å². The van der Waals surface area contributed by atoms with Crippen LogP contribution < -0.4 is 16.0 Å². The molecule has 1 saturated heterocycles. The van der Waals surface area contributed by atoms with Gasteiger partial charge in [-0.15, -0.1) is 0 Å². The summed E-state index contributed by atoms with van der Waals surface area (Å²) in [5, 5.41) is 3.49. The predicted molar refractivity (Wildman–Crippen MR) is 74.7 cm³/mol. The lowest BCUT2D eigenvalue weighted by Crippen LogP contribution is -2.30. The largest absolute Gasteiger partial charge is 0.383 e. The summed E-state index contributed by atoms with van der Waals surface area (Å²) in [6.07, 6.45) is 5.03. The average Bonchev–Trinajstić information content (AvgIpc) is 2.41. The van der Waals surface area contributed by atoms with E-state index < -0.39 is 0 Å². The molecule has 1 aromatic carbocycles. The minimum absolute atomic E-state index is 0.749. The summed E-state index contributed by atoms with van der Waals surface area (Å²) in [4.78, 5) is 2.49. The van der Waals surface area contributed by atoms with E-state index in [0.717, 1.165) is 19.5 Å². The smallest absolute Gasteiger partial charge is 0.0602 e. The molecule has 0 aromatic heterocycles. The predicted octanol–water partition coefficient (Wildman–Crippen LogP) is 2.44. The van der Waals surface area contributed by atoms with Crippen molar-refractivity contribution in [2.24, 2.45) is 5.73 Å². The molecule has 3 heteroatoms. The van der Waals surface area contributed by atoms with Crippen LogP contribution >= 0.6 is 0 Å². The summed E-state index contributed by atoms with van der Waals surface area (Å²) < 4.78 is 0. The molecule has 3 nitrogen and oxygen atoms in total. The van der Waals surface area contributed by atoms with Crippen molar-refractivity contribution in [2.75, 3.05) is 36.4 Å². The zero-order valence-corrected chi connectivity index (χ0v) is 10.5. The van der Waals surface area contributed by atoms with E-state index in [1.54, 1.807) is 0 Å². The molecule has 1 aromatic rings. The minimum atomic E-state index is 0.749. The van der Waals surface area contributed by atoms with Gasteiger partial charge >= 0.3 is 0 Å². The van der Waals surface area contributed by atoms with Crippen molar-refractivity contribution in [3.63, 3.8) is 0 Å². The van der Waals surface area contributed by atoms with Gasteiger partial charge in [-0.3, -0.25) is 0 Å². The first kappa shape index (κ1) is 12.2. The van der Waals surface area contributed by atoms with Crippen LogP contribution in [-0.2, 0) is 0 Å². The number of para-hydroxylation sites is 2. The number of nitrogens with one attached hydrogen (secondary N) is 1. The van der Waals surface area contributed by atoms with Crippen molar-refractivity contribution >= 4 is 11.4 Å². The second-order valence-electron chi connectivity index (χ2n) is 4.63. The number of hydrogen-bond donors (Lipinski definition) is 2. The van der Waals surface area contributed by atoms with E-state index in [2.05, 4.69) is 34.5 Å². The number of nitrogens with zero attached hydrogens (tertiary/aromatic N) is 1. The molecule has 94 valence electrons. The maximum absolute atomic E-state index is 5.52. The third-order valence-electron chi connectivity index (χ3n) is 3.30. The van der Waals surface area contributed by atoms with E-state index in [-0.39, 0.29) is 0 Å². The van der Waals surface area contributed by atoms with Crippen LogP contribution in [0.25, 0.3) is 0 Å². The Labute approximate surface area is 104 Å². The normalized spacial score (nSPS) is 15.9. The van der Waals surface area contributed by atoms with Crippen LogP contribution in [-0.4, -0.2) is 26.2 Å². The molecule has 1 aliphatic heterocycles. The molecule has 0 atom stereocenters. The Morgan fingerprint density at radius 3 is 2.65 bits per heavy atom. The molecule has 1 heterocycles. The molecule has 2 rings (SSSR count).